The highest BCUT2D eigenvalue weighted by molar-refractivity contribution is 5.88. The molecule has 0 saturated carbocycles. The van der Waals surface area contributed by atoms with Crippen molar-refractivity contribution in [2.75, 3.05) is 27.3 Å². The summed E-state index contributed by atoms with van der Waals surface area (Å²) in [5, 5.41) is 13.0. The monoisotopic (exact) mass is 364 g/mol. The van der Waals surface area contributed by atoms with Crippen LogP contribution in [-0.4, -0.2) is 60.1 Å². The fraction of sp³-hybridized carbons (Fsp3) is 0.579. The van der Waals surface area contributed by atoms with Crippen molar-refractivity contribution in [3.05, 3.63) is 34.4 Å². The number of methoxy groups -OCH3 is 1. The predicted octanol–water partition coefficient (Wildman–Crippen LogP) is 1.94. The third-order valence-electron chi connectivity index (χ3n) is 5.45. The van der Waals surface area contributed by atoms with Crippen LogP contribution in [0.4, 0.5) is 0 Å². The minimum Gasteiger partial charge on any atom is -0.467 e. The van der Waals surface area contributed by atoms with Crippen LogP contribution >= 0.6 is 0 Å². The zero-order valence-electron chi connectivity index (χ0n) is 16.2. The summed E-state index contributed by atoms with van der Waals surface area (Å²) in [6.45, 7) is 6.70. The van der Waals surface area contributed by atoms with E-state index < -0.39 is 17.4 Å². The summed E-state index contributed by atoms with van der Waals surface area (Å²) in [5.74, 6) is -1.13. The molecule has 0 aromatic heterocycles. The molecule has 0 aliphatic carbocycles. The molecule has 1 amide bonds. The minimum atomic E-state index is -1.38. The lowest BCUT2D eigenvalue weighted by atomic mass is 9.86. The summed E-state index contributed by atoms with van der Waals surface area (Å²) >= 11 is 0. The number of carbonyl (C=O) groups is 2. The molecule has 0 radical (unpaired) electrons. The van der Waals surface area contributed by atoms with E-state index in [2.05, 4.69) is 0 Å². The Morgan fingerprint density at radius 2 is 1.73 bits per heavy atom. The highest BCUT2D eigenvalue weighted by Gasteiger charge is 2.49. The first-order valence-corrected chi connectivity index (χ1v) is 8.72. The van der Waals surface area contributed by atoms with Crippen molar-refractivity contribution in [3.63, 3.8) is 0 Å². The molecule has 1 aromatic rings. The van der Waals surface area contributed by atoms with E-state index in [1.54, 1.807) is 12.2 Å². The lowest BCUT2D eigenvalue weighted by molar-refractivity contribution is -0.228. The molecule has 1 aliphatic rings. The number of hydroxylamine groups is 4. The lowest BCUT2D eigenvalue weighted by Gasteiger charge is -2.42. The molecule has 0 bridgehead atoms. The Kier molecular flexibility index (Phi) is 6.39. The molecule has 1 fully saturated rings. The van der Waals surface area contributed by atoms with E-state index in [1.807, 2.05) is 32.9 Å². The van der Waals surface area contributed by atoms with Crippen molar-refractivity contribution in [3.8, 4) is 0 Å². The van der Waals surface area contributed by atoms with Gasteiger partial charge in [-0.25, -0.2) is 9.86 Å². The molecule has 1 N–H and O–H groups in total. The summed E-state index contributed by atoms with van der Waals surface area (Å²) in [6.07, 6.45) is 0.506. The van der Waals surface area contributed by atoms with Gasteiger partial charge >= 0.3 is 5.97 Å². The number of ether oxygens (including phenoxy) is 1. The van der Waals surface area contributed by atoms with Gasteiger partial charge in [0.1, 0.15) is 0 Å². The molecule has 0 atom stereocenters. The number of aryl methyl sites for hydroxylation is 2. The summed E-state index contributed by atoms with van der Waals surface area (Å²) in [7, 11) is 2.82. The molecule has 144 valence electrons. The third kappa shape index (κ3) is 3.75. The number of piperidine rings is 1. The maximum Gasteiger partial charge on any atom is 0.334 e. The van der Waals surface area contributed by atoms with E-state index in [0.717, 1.165) is 22.3 Å². The lowest BCUT2D eigenvalue weighted by Crippen LogP contribution is -2.61. The van der Waals surface area contributed by atoms with E-state index in [9.17, 15) is 14.8 Å². The average molecular weight is 364 g/mol. The maximum atomic E-state index is 12.8. The highest BCUT2D eigenvalue weighted by Crippen LogP contribution is 2.30. The van der Waals surface area contributed by atoms with E-state index in [-0.39, 0.29) is 19.3 Å². The first-order chi connectivity index (χ1) is 12.3. The fourth-order valence-corrected chi connectivity index (χ4v) is 3.48. The zero-order chi connectivity index (χ0) is 19.5. The van der Waals surface area contributed by atoms with Crippen LogP contribution < -0.4 is 0 Å². The second kappa shape index (κ2) is 8.16. The van der Waals surface area contributed by atoms with E-state index in [1.165, 1.54) is 7.11 Å². The number of carbonyl (C=O) groups excluding carboxylic acids is 2. The molecule has 0 unspecified atom stereocenters. The van der Waals surface area contributed by atoms with Gasteiger partial charge < -0.3 is 9.57 Å². The molecule has 1 aromatic carbocycles. The molecular weight excluding hydrogens is 336 g/mol. The van der Waals surface area contributed by atoms with Gasteiger partial charge in [0, 0.05) is 13.1 Å². The predicted molar refractivity (Wildman–Crippen MR) is 95.6 cm³/mol. The summed E-state index contributed by atoms with van der Waals surface area (Å²) in [6, 6.07) is 3.96. The van der Waals surface area contributed by atoms with Crippen LogP contribution in [0.15, 0.2) is 12.1 Å². The van der Waals surface area contributed by atoms with Gasteiger partial charge in [0.25, 0.3) is 5.91 Å². The molecular formula is C19H28N2O5. The van der Waals surface area contributed by atoms with Crippen LogP contribution in [-0.2, 0) is 25.6 Å². The Balaban J connectivity index is 2.26. The molecule has 1 aliphatic heterocycles. The molecule has 1 saturated heterocycles. The van der Waals surface area contributed by atoms with Crippen LogP contribution in [0.2, 0.25) is 0 Å². The molecule has 7 heteroatoms. The number of hydrogen-bond donors (Lipinski definition) is 1. The van der Waals surface area contributed by atoms with Gasteiger partial charge in [-0.05, 0) is 55.9 Å². The maximum absolute atomic E-state index is 12.8. The van der Waals surface area contributed by atoms with E-state index in [0.29, 0.717) is 18.2 Å². The fourth-order valence-electron chi connectivity index (χ4n) is 3.48. The first kappa shape index (κ1) is 20.4. The Labute approximate surface area is 154 Å². The zero-order valence-corrected chi connectivity index (χ0v) is 16.2. The number of esters is 1. The second-order valence-electron chi connectivity index (χ2n) is 6.82. The summed E-state index contributed by atoms with van der Waals surface area (Å²) in [4.78, 5) is 30.4. The van der Waals surface area contributed by atoms with E-state index in [4.69, 9.17) is 9.57 Å². The summed E-state index contributed by atoms with van der Waals surface area (Å²) < 4.78 is 4.90. The largest absolute Gasteiger partial charge is 0.467 e. The third-order valence-corrected chi connectivity index (χ3v) is 5.45. The van der Waals surface area contributed by atoms with Crippen molar-refractivity contribution in [2.24, 2.45) is 0 Å². The van der Waals surface area contributed by atoms with Crippen LogP contribution in [0, 0.1) is 20.8 Å². The average Bonchev–Trinajstić information content (AvgIpc) is 2.66. The van der Waals surface area contributed by atoms with Crippen molar-refractivity contribution in [1.29, 1.82) is 0 Å². The van der Waals surface area contributed by atoms with Gasteiger partial charge in [-0.2, -0.15) is 5.06 Å². The van der Waals surface area contributed by atoms with Gasteiger partial charge in [0.2, 0.25) is 0 Å². The number of benzene rings is 1. The van der Waals surface area contributed by atoms with Gasteiger partial charge in [0.05, 0.1) is 20.6 Å². The van der Waals surface area contributed by atoms with Gasteiger partial charge in [-0.1, -0.05) is 12.1 Å². The molecule has 2 rings (SSSR count). The van der Waals surface area contributed by atoms with Crippen molar-refractivity contribution in [2.45, 2.75) is 45.6 Å². The smallest absolute Gasteiger partial charge is 0.334 e. The van der Waals surface area contributed by atoms with Crippen LogP contribution in [0.1, 0.15) is 35.1 Å². The Morgan fingerprint density at radius 3 is 2.27 bits per heavy atom. The Morgan fingerprint density at radius 1 is 1.15 bits per heavy atom. The number of rotatable bonds is 5. The molecule has 0 spiro atoms. The molecule has 26 heavy (non-hydrogen) atoms. The standard InChI is InChI=1S/C19H28N2O5/c1-13-6-7-14(2)16(15(13)3)12-17(22)21(24)19(18(23)25-4)8-10-20(26-5)11-9-19/h6-7,24H,8-12H2,1-5H3. The second-order valence-corrected chi connectivity index (χ2v) is 6.82. The van der Waals surface area contributed by atoms with Crippen LogP contribution in [0.5, 0.6) is 0 Å². The Hall–Kier alpha value is -1.96. The minimum absolute atomic E-state index is 0.0303. The SMILES string of the molecule is COC(=O)C1(N(O)C(=O)Cc2c(C)ccc(C)c2C)CCN(OC)CC1. The van der Waals surface area contributed by atoms with Crippen molar-refractivity contribution >= 4 is 11.9 Å². The number of hydrogen-bond acceptors (Lipinski definition) is 6. The summed E-state index contributed by atoms with van der Waals surface area (Å²) in [5.41, 5.74) is 2.58. The van der Waals surface area contributed by atoms with E-state index >= 15 is 0 Å². The molecule has 1 heterocycles. The van der Waals surface area contributed by atoms with Gasteiger partial charge in [-0.3, -0.25) is 10.0 Å². The first-order valence-electron chi connectivity index (χ1n) is 8.72. The van der Waals surface area contributed by atoms with Crippen molar-refractivity contribution in [1.82, 2.24) is 10.1 Å². The van der Waals surface area contributed by atoms with Crippen molar-refractivity contribution < 1.29 is 24.4 Å². The number of nitrogens with zero attached hydrogens (tertiary/aromatic N) is 2. The van der Waals surface area contributed by atoms with Gasteiger partial charge in [-0.15, -0.1) is 0 Å². The van der Waals surface area contributed by atoms with Crippen LogP contribution in [0.25, 0.3) is 0 Å². The van der Waals surface area contributed by atoms with Crippen LogP contribution in [0.3, 0.4) is 0 Å². The normalized spacial score (nSPS) is 17.0. The number of amides is 1. The Bertz CT molecular complexity index is 681. The van der Waals surface area contributed by atoms with Gasteiger partial charge in [0.15, 0.2) is 5.54 Å². The quantitative estimate of drug-likeness (QED) is 0.489. The molecule has 7 nitrogen and oxygen atoms in total. The highest BCUT2D eigenvalue weighted by atomic mass is 16.7. The topological polar surface area (TPSA) is 79.3 Å².